The van der Waals surface area contributed by atoms with Crippen LogP contribution in [0.15, 0.2) is 54.9 Å². The van der Waals surface area contributed by atoms with Gasteiger partial charge >= 0.3 is 0 Å². The van der Waals surface area contributed by atoms with Crippen LogP contribution in [0, 0.1) is 0 Å². The average Bonchev–Trinajstić information content (AvgIpc) is 3.26. The van der Waals surface area contributed by atoms with Gasteiger partial charge in [0.05, 0.1) is 5.69 Å². The van der Waals surface area contributed by atoms with Gasteiger partial charge in [-0.25, -0.2) is 4.68 Å². The molecule has 0 saturated carbocycles. The molecule has 2 heterocycles. The Bertz CT molecular complexity index is 903. The van der Waals surface area contributed by atoms with E-state index in [1.807, 2.05) is 24.3 Å². The van der Waals surface area contributed by atoms with Crippen molar-refractivity contribution in [2.75, 3.05) is 13.1 Å². The molecule has 0 aliphatic carbocycles. The molecule has 2 aromatic carbocycles. The minimum absolute atomic E-state index is 0.0422. The number of rotatable bonds is 5. The van der Waals surface area contributed by atoms with Crippen LogP contribution in [0.5, 0.6) is 0 Å². The SMILES string of the molecule is O=C(NC1CCN(Cc2ccc(Cl)cc2)CC1)c1ccc(-n2cnnn2)cc1. The van der Waals surface area contributed by atoms with Gasteiger partial charge in [0.15, 0.2) is 0 Å². The number of halogens is 1. The molecular formula is C20H21ClN6O. The van der Waals surface area contributed by atoms with Gasteiger partial charge in [0, 0.05) is 36.3 Å². The van der Waals surface area contributed by atoms with E-state index in [4.69, 9.17) is 11.6 Å². The standard InChI is InChI=1S/C20H21ClN6O/c21-17-5-1-15(2-6-17)13-26-11-9-18(10-12-26)23-20(28)16-3-7-19(8-4-16)27-14-22-24-25-27/h1-8,14,18H,9-13H2,(H,23,28). The molecule has 1 fully saturated rings. The highest BCUT2D eigenvalue weighted by Crippen LogP contribution is 2.16. The maximum atomic E-state index is 12.5. The first kappa shape index (κ1) is 18.6. The number of tetrazole rings is 1. The molecule has 1 aliphatic rings. The van der Waals surface area contributed by atoms with Crippen molar-refractivity contribution >= 4 is 17.5 Å². The summed E-state index contributed by atoms with van der Waals surface area (Å²) in [5.74, 6) is -0.0422. The Morgan fingerprint density at radius 1 is 1.07 bits per heavy atom. The van der Waals surface area contributed by atoms with E-state index in [1.54, 1.807) is 16.8 Å². The summed E-state index contributed by atoms with van der Waals surface area (Å²) >= 11 is 5.94. The number of amides is 1. The number of carbonyl (C=O) groups is 1. The molecule has 7 nitrogen and oxygen atoms in total. The zero-order chi connectivity index (χ0) is 19.3. The highest BCUT2D eigenvalue weighted by Gasteiger charge is 2.21. The van der Waals surface area contributed by atoms with Gasteiger partial charge in [0.25, 0.3) is 5.91 Å². The van der Waals surface area contributed by atoms with E-state index in [0.29, 0.717) is 5.56 Å². The fourth-order valence-electron chi connectivity index (χ4n) is 3.40. The predicted octanol–water partition coefficient (Wildman–Crippen LogP) is 2.71. The lowest BCUT2D eigenvalue weighted by atomic mass is 10.0. The molecule has 0 atom stereocenters. The molecule has 1 aromatic heterocycles. The molecule has 0 radical (unpaired) electrons. The Morgan fingerprint density at radius 2 is 1.79 bits per heavy atom. The van der Waals surface area contributed by atoms with Crippen molar-refractivity contribution in [3.05, 3.63) is 71.0 Å². The van der Waals surface area contributed by atoms with Crippen LogP contribution in [0.25, 0.3) is 5.69 Å². The van der Waals surface area contributed by atoms with Crippen molar-refractivity contribution in [3.63, 3.8) is 0 Å². The first-order valence-electron chi connectivity index (χ1n) is 9.28. The van der Waals surface area contributed by atoms with E-state index >= 15 is 0 Å². The maximum Gasteiger partial charge on any atom is 0.251 e. The van der Waals surface area contributed by atoms with Crippen LogP contribution in [-0.2, 0) is 6.54 Å². The molecule has 28 heavy (non-hydrogen) atoms. The summed E-state index contributed by atoms with van der Waals surface area (Å²) < 4.78 is 1.55. The highest BCUT2D eigenvalue weighted by atomic mass is 35.5. The van der Waals surface area contributed by atoms with Crippen molar-refractivity contribution in [2.45, 2.75) is 25.4 Å². The summed E-state index contributed by atoms with van der Waals surface area (Å²) in [5.41, 5.74) is 2.71. The minimum atomic E-state index is -0.0422. The smallest absolute Gasteiger partial charge is 0.251 e. The third kappa shape index (κ3) is 4.55. The van der Waals surface area contributed by atoms with Gasteiger partial charge in [-0.2, -0.15) is 0 Å². The Kier molecular flexibility index (Phi) is 5.64. The van der Waals surface area contributed by atoms with Crippen LogP contribution in [0.4, 0.5) is 0 Å². The van der Waals surface area contributed by atoms with Gasteiger partial charge in [-0.1, -0.05) is 23.7 Å². The second-order valence-electron chi connectivity index (χ2n) is 6.95. The monoisotopic (exact) mass is 396 g/mol. The fourth-order valence-corrected chi connectivity index (χ4v) is 3.52. The number of aromatic nitrogens is 4. The van der Waals surface area contributed by atoms with E-state index in [9.17, 15) is 4.79 Å². The quantitative estimate of drug-likeness (QED) is 0.717. The van der Waals surface area contributed by atoms with Gasteiger partial charge in [-0.05, 0) is 65.2 Å². The summed E-state index contributed by atoms with van der Waals surface area (Å²) in [6.45, 7) is 2.84. The first-order valence-corrected chi connectivity index (χ1v) is 9.66. The van der Waals surface area contributed by atoms with E-state index in [2.05, 4.69) is 37.9 Å². The molecule has 1 amide bonds. The number of likely N-dealkylation sites (tertiary alicyclic amines) is 1. The molecule has 0 spiro atoms. The predicted molar refractivity (Wildman–Crippen MR) is 106 cm³/mol. The third-order valence-electron chi connectivity index (χ3n) is 4.99. The molecule has 4 rings (SSSR count). The second-order valence-corrected chi connectivity index (χ2v) is 7.39. The first-order chi connectivity index (χ1) is 13.7. The topological polar surface area (TPSA) is 75.9 Å². The van der Waals surface area contributed by atoms with E-state index < -0.39 is 0 Å². The summed E-state index contributed by atoms with van der Waals surface area (Å²) in [7, 11) is 0. The lowest BCUT2D eigenvalue weighted by molar-refractivity contribution is 0.0909. The number of piperidine rings is 1. The van der Waals surface area contributed by atoms with Gasteiger partial charge < -0.3 is 5.32 Å². The number of nitrogens with zero attached hydrogens (tertiary/aromatic N) is 5. The molecule has 1 N–H and O–H groups in total. The van der Waals surface area contributed by atoms with Gasteiger partial charge in [0.2, 0.25) is 0 Å². The van der Waals surface area contributed by atoms with Crippen molar-refractivity contribution in [1.82, 2.24) is 30.4 Å². The summed E-state index contributed by atoms with van der Waals surface area (Å²) in [5, 5.41) is 15.0. The van der Waals surface area contributed by atoms with Crippen LogP contribution in [0.1, 0.15) is 28.8 Å². The largest absolute Gasteiger partial charge is 0.349 e. The Morgan fingerprint density at radius 3 is 2.43 bits per heavy atom. The normalized spacial score (nSPS) is 15.5. The van der Waals surface area contributed by atoms with Gasteiger partial charge in [-0.15, -0.1) is 5.10 Å². The zero-order valence-electron chi connectivity index (χ0n) is 15.3. The maximum absolute atomic E-state index is 12.5. The summed E-state index contributed by atoms with van der Waals surface area (Å²) in [6.07, 6.45) is 3.41. The molecule has 1 aliphatic heterocycles. The third-order valence-corrected chi connectivity index (χ3v) is 5.24. The molecule has 0 unspecified atom stereocenters. The van der Waals surface area contributed by atoms with Crippen LogP contribution >= 0.6 is 11.6 Å². The Labute approximate surface area is 168 Å². The molecule has 0 bridgehead atoms. The number of benzene rings is 2. The lowest BCUT2D eigenvalue weighted by Gasteiger charge is -2.32. The Hall–Kier alpha value is -2.77. The number of nitrogens with one attached hydrogen (secondary N) is 1. The minimum Gasteiger partial charge on any atom is -0.349 e. The lowest BCUT2D eigenvalue weighted by Crippen LogP contribution is -2.44. The zero-order valence-corrected chi connectivity index (χ0v) is 16.1. The van der Waals surface area contributed by atoms with Crippen molar-refractivity contribution in [2.24, 2.45) is 0 Å². The molecule has 3 aromatic rings. The van der Waals surface area contributed by atoms with Crippen molar-refractivity contribution < 1.29 is 4.79 Å². The fraction of sp³-hybridized carbons (Fsp3) is 0.300. The number of hydrogen-bond acceptors (Lipinski definition) is 5. The molecular weight excluding hydrogens is 376 g/mol. The number of hydrogen-bond donors (Lipinski definition) is 1. The Balaban J connectivity index is 1.27. The summed E-state index contributed by atoms with van der Waals surface area (Å²) in [4.78, 5) is 14.9. The van der Waals surface area contributed by atoms with Crippen LogP contribution in [0.3, 0.4) is 0 Å². The molecule has 1 saturated heterocycles. The average molecular weight is 397 g/mol. The van der Waals surface area contributed by atoms with E-state index in [1.165, 1.54) is 11.9 Å². The molecule has 144 valence electrons. The van der Waals surface area contributed by atoms with Gasteiger partial charge in [-0.3, -0.25) is 9.69 Å². The van der Waals surface area contributed by atoms with Crippen molar-refractivity contribution in [1.29, 1.82) is 0 Å². The highest BCUT2D eigenvalue weighted by molar-refractivity contribution is 6.30. The summed E-state index contributed by atoms with van der Waals surface area (Å²) in [6, 6.07) is 15.4. The van der Waals surface area contributed by atoms with Gasteiger partial charge in [0.1, 0.15) is 6.33 Å². The van der Waals surface area contributed by atoms with Crippen LogP contribution in [-0.4, -0.2) is 50.1 Å². The van der Waals surface area contributed by atoms with Crippen LogP contribution in [0.2, 0.25) is 5.02 Å². The molecule has 8 heteroatoms. The van der Waals surface area contributed by atoms with Crippen LogP contribution < -0.4 is 5.32 Å². The second kappa shape index (κ2) is 8.50. The van der Waals surface area contributed by atoms with E-state index in [-0.39, 0.29) is 11.9 Å². The number of carbonyl (C=O) groups excluding carboxylic acids is 1. The van der Waals surface area contributed by atoms with Crippen molar-refractivity contribution in [3.8, 4) is 5.69 Å². The van der Waals surface area contributed by atoms with E-state index in [0.717, 1.165) is 43.2 Å².